The Kier molecular flexibility index (Phi) is 3.28. The van der Waals surface area contributed by atoms with Crippen LogP contribution in [0.25, 0.3) is 0 Å². The van der Waals surface area contributed by atoms with Crippen LogP contribution in [0.5, 0.6) is 0 Å². The Morgan fingerprint density at radius 3 is 3.07 bits per heavy atom. The Morgan fingerprint density at radius 2 is 2.64 bits per heavy atom. The normalized spacial score (nSPS) is 12.1. The molecule has 1 unspecified atom stereocenters. The molecule has 0 amide bonds. The van der Waals surface area contributed by atoms with E-state index in [0.29, 0.717) is 12.4 Å². The molecule has 0 fully saturated rings. The highest BCUT2D eigenvalue weighted by molar-refractivity contribution is 5.76. The molecule has 1 rings (SSSR count). The van der Waals surface area contributed by atoms with Gasteiger partial charge in [-0.1, -0.05) is 6.08 Å². The molecule has 0 bridgehead atoms. The van der Waals surface area contributed by atoms with E-state index < -0.39 is 12.0 Å². The van der Waals surface area contributed by atoms with E-state index in [4.69, 9.17) is 5.11 Å². The molecule has 0 spiro atoms. The molecule has 0 aromatic carbocycles. The van der Waals surface area contributed by atoms with Crippen LogP contribution in [0.3, 0.4) is 0 Å². The summed E-state index contributed by atoms with van der Waals surface area (Å²) in [4.78, 5) is 14.8. The zero-order valence-corrected chi connectivity index (χ0v) is 7.97. The molecule has 5 heteroatoms. The van der Waals surface area contributed by atoms with Crippen LogP contribution < -0.4 is 5.32 Å². The van der Waals surface area contributed by atoms with Gasteiger partial charge in [-0.25, -0.2) is 9.78 Å². The van der Waals surface area contributed by atoms with Crippen molar-refractivity contribution in [3.63, 3.8) is 0 Å². The third-order valence-electron chi connectivity index (χ3n) is 1.82. The molecular weight excluding hydrogens is 182 g/mol. The molecule has 1 heterocycles. The van der Waals surface area contributed by atoms with Gasteiger partial charge in [0.25, 0.3) is 0 Å². The smallest absolute Gasteiger partial charge is 0.326 e. The number of aliphatic carboxylic acids is 1. The van der Waals surface area contributed by atoms with Crippen LogP contribution in [0.2, 0.25) is 0 Å². The maximum Gasteiger partial charge on any atom is 0.326 e. The summed E-state index contributed by atoms with van der Waals surface area (Å²) in [7, 11) is 1.79. The summed E-state index contributed by atoms with van der Waals surface area (Å²) >= 11 is 0. The lowest BCUT2D eigenvalue weighted by Gasteiger charge is -2.12. The van der Waals surface area contributed by atoms with Crippen LogP contribution in [0.15, 0.2) is 25.0 Å². The van der Waals surface area contributed by atoms with Gasteiger partial charge in [-0.15, -0.1) is 6.58 Å². The SMILES string of the molecule is C=CCC(Nc1nccn1C)C(=O)O. The monoisotopic (exact) mass is 195 g/mol. The molecule has 1 atom stereocenters. The predicted octanol–water partition coefficient (Wildman–Crippen LogP) is 0.861. The standard InChI is InChI=1S/C9H13N3O2/c1-3-4-7(8(13)14)11-9-10-5-6-12(9)2/h3,5-7H,1,4H2,2H3,(H,10,11)(H,13,14). The summed E-state index contributed by atoms with van der Waals surface area (Å²) < 4.78 is 1.72. The molecule has 2 N–H and O–H groups in total. The molecule has 0 saturated carbocycles. The summed E-state index contributed by atoms with van der Waals surface area (Å²) in [6, 6.07) is -0.673. The van der Waals surface area contributed by atoms with Gasteiger partial charge in [0.1, 0.15) is 6.04 Å². The Morgan fingerprint density at radius 1 is 1.93 bits per heavy atom. The maximum atomic E-state index is 10.8. The predicted molar refractivity (Wildman–Crippen MR) is 53.1 cm³/mol. The first-order valence-corrected chi connectivity index (χ1v) is 4.22. The first kappa shape index (κ1) is 10.3. The first-order chi connectivity index (χ1) is 6.65. The second kappa shape index (κ2) is 4.45. The average Bonchev–Trinajstić information content (AvgIpc) is 2.51. The van der Waals surface area contributed by atoms with Gasteiger partial charge in [-0.3, -0.25) is 0 Å². The van der Waals surface area contributed by atoms with Crippen LogP contribution in [-0.4, -0.2) is 26.7 Å². The van der Waals surface area contributed by atoms with E-state index in [0.717, 1.165) is 0 Å². The highest BCUT2D eigenvalue weighted by atomic mass is 16.4. The Hall–Kier alpha value is -1.78. The fourth-order valence-corrected chi connectivity index (χ4v) is 1.05. The number of hydrogen-bond donors (Lipinski definition) is 2. The number of carbonyl (C=O) groups is 1. The van der Waals surface area contributed by atoms with Gasteiger partial charge >= 0.3 is 5.97 Å². The van der Waals surface area contributed by atoms with Gasteiger partial charge in [-0.2, -0.15) is 0 Å². The van der Waals surface area contributed by atoms with Crippen LogP contribution in [0.4, 0.5) is 5.95 Å². The molecule has 1 aromatic heterocycles. The minimum atomic E-state index is -0.909. The van der Waals surface area contributed by atoms with Crippen molar-refractivity contribution in [2.45, 2.75) is 12.5 Å². The second-order valence-corrected chi connectivity index (χ2v) is 2.92. The number of aryl methyl sites for hydroxylation is 1. The van der Waals surface area contributed by atoms with Crippen molar-refractivity contribution in [1.29, 1.82) is 0 Å². The molecule has 0 aliphatic heterocycles. The maximum absolute atomic E-state index is 10.8. The fraction of sp³-hybridized carbons (Fsp3) is 0.333. The van der Waals surface area contributed by atoms with Gasteiger partial charge in [0.2, 0.25) is 5.95 Å². The first-order valence-electron chi connectivity index (χ1n) is 4.22. The lowest BCUT2D eigenvalue weighted by molar-refractivity contribution is -0.137. The third-order valence-corrected chi connectivity index (χ3v) is 1.82. The molecule has 0 saturated heterocycles. The van der Waals surface area contributed by atoms with Gasteiger partial charge in [0.15, 0.2) is 0 Å². The third kappa shape index (κ3) is 2.35. The molecule has 1 aromatic rings. The number of imidazole rings is 1. The number of anilines is 1. The van der Waals surface area contributed by atoms with E-state index in [1.54, 1.807) is 30.1 Å². The van der Waals surface area contributed by atoms with Gasteiger partial charge in [0, 0.05) is 19.4 Å². The summed E-state index contributed by atoms with van der Waals surface area (Å²) in [5.41, 5.74) is 0. The average molecular weight is 195 g/mol. The van der Waals surface area contributed by atoms with Crippen molar-refractivity contribution in [2.75, 3.05) is 5.32 Å². The lowest BCUT2D eigenvalue weighted by atomic mass is 10.2. The summed E-state index contributed by atoms with van der Waals surface area (Å²) in [5.74, 6) is -0.368. The molecule has 76 valence electrons. The van der Waals surface area contributed by atoms with E-state index in [1.165, 1.54) is 0 Å². The van der Waals surface area contributed by atoms with Crippen molar-refractivity contribution in [3.05, 3.63) is 25.0 Å². The topological polar surface area (TPSA) is 67.2 Å². The summed E-state index contributed by atoms with van der Waals surface area (Å²) in [6.07, 6.45) is 5.28. The number of carboxylic acid groups (broad SMARTS) is 1. The van der Waals surface area contributed by atoms with E-state index in [-0.39, 0.29) is 0 Å². The highest BCUT2D eigenvalue weighted by Crippen LogP contribution is 2.06. The Bertz CT molecular complexity index is 333. The van der Waals surface area contributed by atoms with Crippen LogP contribution >= 0.6 is 0 Å². The van der Waals surface area contributed by atoms with Crippen LogP contribution in [0.1, 0.15) is 6.42 Å². The number of aromatic nitrogens is 2. The number of hydrogen-bond acceptors (Lipinski definition) is 3. The van der Waals surface area contributed by atoms with Crippen molar-refractivity contribution in [3.8, 4) is 0 Å². The van der Waals surface area contributed by atoms with E-state index in [1.807, 2.05) is 0 Å². The molecular formula is C9H13N3O2. The number of nitrogens with one attached hydrogen (secondary N) is 1. The lowest BCUT2D eigenvalue weighted by Crippen LogP contribution is -2.29. The zero-order valence-electron chi connectivity index (χ0n) is 7.97. The van der Waals surface area contributed by atoms with Crippen molar-refractivity contribution in [1.82, 2.24) is 9.55 Å². The molecule has 0 aliphatic rings. The molecule has 14 heavy (non-hydrogen) atoms. The van der Waals surface area contributed by atoms with Crippen LogP contribution in [-0.2, 0) is 11.8 Å². The van der Waals surface area contributed by atoms with Crippen molar-refractivity contribution in [2.24, 2.45) is 7.05 Å². The quantitative estimate of drug-likeness (QED) is 0.684. The van der Waals surface area contributed by atoms with Crippen LogP contribution in [0, 0.1) is 0 Å². The molecule has 0 radical (unpaired) electrons. The summed E-state index contributed by atoms with van der Waals surface area (Å²) in [5, 5.41) is 11.7. The molecule has 5 nitrogen and oxygen atoms in total. The highest BCUT2D eigenvalue weighted by Gasteiger charge is 2.16. The Balaban J connectivity index is 2.69. The number of rotatable bonds is 5. The Labute approximate surface area is 82.1 Å². The second-order valence-electron chi connectivity index (χ2n) is 2.92. The van der Waals surface area contributed by atoms with Gasteiger partial charge in [0.05, 0.1) is 0 Å². The minimum absolute atomic E-state index is 0.363. The summed E-state index contributed by atoms with van der Waals surface area (Å²) in [6.45, 7) is 3.50. The largest absolute Gasteiger partial charge is 0.480 e. The van der Waals surface area contributed by atoms with E-state index in [2.05, 4.69) is 16.9 Å². The molecule has 0 aliphatic carbocycles. The van der Waals surface area contributed by atoms with E-state index >= 15 is 0 Å². The fourth-order valence-electron chi connectivity index (χ4n) is 1.05. The van der Waals surface area contributed by atoms with E-state index in [9.17, 15) is 4.79 Å². The zero-order chi connectivity index (χ0) is 10.6. The van der Waals surface area contributed by atoms with Gasteiger partial charge in [-0.05, 0) is 6.42 Å². The van der Waals surface area contributed by atoms with Crippen molar-refractivity contribution >= 4 is 11.9 Å². The minimum Gasteiger partial charge on any atom is -0.480 e. The van der Waals surface area contributed by atoms with Gasteiger partial charge < -0.3 is 15.0 Å². The van der Waals surface area contributed by atoms with Crippen molar-refractivity contribution < 1.29 is 9.90 Å². The number of carboxylic acids is 1. The number of nitrogens with zero attached hydrogens (tertiary/aromatic N) is 2.